The van der Waals surface area contributed by atoms with Gasteiger partial charge in [0.25, 0.3) is 0 Å². The first kappa shape index (κ1) is 36.8. The second kappa shape index (κ2) is 17.1. The first-order chi connectivity index (χ1) is 28.0. The van der Waals surface area contributed by atoms with Gasteiger partial charge < -0.3 is 9.80 Å². The third-order valence-corrected chi connectivity index (χ3v) is 10.4. The molecule has 0 saturated heterocycles. The van der Waals surface area contributed by atoms with Crippen molar-refractivity contribution in [3.8, 4) is 11.1 Å². The average molecular weight is 735 g/mol. The van der Waals surface area contributed by atoms with Crippen LogP contribution < -0.4 is 9.80 Å². The van der Waals surface area contributed by atoms with Crippen molar-refractivity contribution >= 4 is 58.4 Å². The van der Waals surface area contributed by atoms with Crippen LogP contribution in [0, 0.1) is 20.8 Å². The van der Waals surface area contributed by atoms with Crippen LogP contribution in [0.25, 0.3) is 35.4 Å². The van der Waals surface area contributed by atoms with Gasteiger partial charge in [0.2, 0.25) is 0 Å². The highest BCUT2D eigenvalue weighted by Gasteiger charge is 2.18. The van der Waals surface area contributed by atoms with Crippen LogP contribution >= 0.6 is 0 Å². The molecule has 0 bridgehead atoms. The van der Waals surface area contributed by atoms with Gasteiger partial charge in [-0.3, -0.25) is 0 Å². The predicted molar refractivity (Wildman–Crippen MR) is 246 cm³/mol. The van der Waals surface area contributed by atoms with Crippen molar-refractivity contribution in [2.24, 2.45) is 0 Å². The molecule has 0 aliphatic heterocycles. The van der Waals surface area contributed by atoms with E-state index >= 15 is 0 Å². The minimum Gasteiger partial charge on any atom is -0.310 e. The maximum Gasteiger partial charge on any atom is 0.0491 e. The molecule has 8 rings (SSSR count). The molecule has 2 heteroatoms. The lowest BCUT2D eigenvalue weighted by molar-refractivity contribution is 1.24. The molecule has 0 heterocycles. The van der Waals surface area contributed by atoms with E-state index in [4.69, 9.17) is 0 Å². The zero-order valence-electron chi connectivity index (χ0n) is 32.8. The molecular weight excluding hydrogens is 689 g/mol. The van der Waals surface area contributed by atoms with Gasteiger partial charge in [-0.1, -0.05) is 157 Å². The summed E-state index contributed by atoms with van der Waals surface area (Å²) in [4.78, 5) is 4.71. The number of hydrogen-bond donors (Lipinski definition) is 0. The van der Waals surface area contributed by atoms with E-state index in [-0.39, 0.29) is 0 Å². The topological polar surface area (TPSA) is 6.48 Å². The fourth-order valence-corrected chi connectivity index (χ4v) is 7.28. The smallest absolute Gasteiger partial charge is 0.0491 e. The number of para-hydroxylation sites is 1. The maximum absolute atomic E-state index is 2.36. The largest absolute Gasteiger partial charge is 0.310 e. The standard InChI is InChI=1S/C55H46N2/c1-41-19-31-51(32-20-41)57(53-35-27-47(28-36-53)24-22-45-15-9-5-10-16-45)55-38-30-49(40-43(55)3)48-29-37-54(42(2)39-48)56(50-17-11-6-12-18-50)52-33-25-46(26-34-52)23-21-44-13-7-4-8-14-44/h4-40H,1-3H3/b23-21+,24-22+. The van der Waals surface area contributed by atoms with Crippen LogP contribution in [0.15, 0.2) is 200 Å². The quantitative estimate of drug-likeness (QED) is 0.122. The molecule has 57 heavy (non-hydrogen) atoms. The number of hydrogen-bond acceptors (Lipinski definition) is 2. The fourth-order valence-electron chi connectivity index (χ4n) is 7.28. The van der Waals surface area contributed by atoms with Crippen LogP contribution in [0.3, 0.4) is 0 Å². The van der Waals surface area contributed by atoms with Gasteiger partial charge in [-0.25, -0.2) is 0 Å². The second-order valence-electron chi connectivity index (χ2n) is 14.5. The summed E-state index contributed by atoms with van der Waals surface area (Å²) in [5, 5.41) is 0. The fraction of sp³-hybridized carbons (Fsp3) is 0.0545. The van der Waals surface area contributed by atoms with E-state index in [0.717, 1.165) is 45.3 Å². The molecule has 0 aromatic heterocycles. The molecule has 0 N–H and O–H groups in total. The van der Waals surface area contributed by atoms with Crippen LogP contribution in [0.4, 0.5) is 34.1 Å². The summed E-state index contributed by atoms with van der Waals surface area (Å²) in [5.74, 6) is 0. The zero-order chi connectivity index (χ0) is 39.0. The SMILES string of the molecule is Cc1ccc(N(c2ccc(/C=C/c3ccccc3)cc2)c2ccc(-c3ccc(N(c4ccccc4)c4ccc(/C=C/c5ccccc5)cc4)c(C)c3)cc2C)cc1. The Morgan fingerprint density at radius 2 is 0.614 bits per heavy atom. The molecule has 2 nitrogen and oxygen atoms in total. The molecule has 276 valence electrons. The molecule has 0 spiro atoms. The Labute approximate surface area is 338 Å². The van der Waals surface area contributed by atoms with Crippen molar-refractivity contribution in [1.29, 1.82) is 0 Å². The monoisotopic (exact) mass is 734 g/mol. The third kappa shape index (κ3) is 8.72. The molecule has 0 aliphatic carbocycles. The van der Waals surface area contributed by atoms with E-state index in [9.17, 15) is 0 Å². The van der Waals surface area contributed by atoms with Gasteiger partial charge in [-0.05, 0) is 138 Å². The van der Waals surface area contributed by atoms with Crippen molar-refractivity contribution in [2.75, 3.05) is 9.80 Å². The van der Waals surface area contributed by atoms with Crippen molar-refractivity contribution in [3.05, 3.63) is 239 Å². The molecule has 0 saturated carbocycles. The Morgan fingerprint density at radius 3 is 0.982 bits per heavy atom. The van der Waals surface area contributed by atoms with Crippen molar-refractivity contribution in [2.45, 2.75) is 20.8 Å². The van der Waals surface area contributed by atoms with E-state index in [2.05, 4.69) is 243 Å². The Kier molecular flexibility index (Phi) is 11.0. The van der Waals surface area contributed by atoms with Gasteiger partial charge in [0.15, 0.2) is 0 Å². The molecule has 8 aromatic rings. The molecule has 0 radical (unpaired) electrons. The molecular formula is C55H46N2. The minimum atomic E-state index is 1.12. The lowest BCUT2D eigenvalue weighted by Gasteiger charge is -2.28. The molecule has 0 amide bonds. The first-order valence-corrected chi connectivity index (χ1v) is 19.6. The van der Waals surface area contributed by atoms with Crippen LogP contribution in [0.5, 0.6) is 0 Å². The summed E-state index contributed by atoms with van der Waals surface area (Å²) in [5.41, 5.74) is 17.5. The summed E-state index contributed by atoms with van der Waals surface area (Å²) in [6.07, 6.45) is 8.65. The van der Waals surface area contributed by atoms with Crippen molar-refractivity contribution in [1.82, 2.24) is 0 Å². The van der Waals surface area contributed by atoms with Gasteiger partial charge in [-0.2, -0.15) is 0 Å². The average Bonchev–Trinajstić information content (AvgIpc) is 3.26. The highest BCUT2D eigenvalue weighted by atomic mass is 15.1. The van der Waals surface area contributed by atoms with E-state index in [0.29, 0.717) is 0 Å². The molecule has 0 aliphatic rings. The van der Waals surface area contributed by atoms with Crippen molar-refractivity contribution in [3.63, 3.8) is 0 Å². The summed E-state index contributed by atoms with van der Waals surface area (Å²) in [7, 11) is 0. The van der Waals surface area contributed by atoms with E-state index in [1.807, 2.05) is 12.1 Å². The Morgan fingerprint density at radius 1 is 0.298 bits per heavy atom. The number of benzene rings is 8. The van der Waals surface area contributed by atoms with Crippen LogP contribution in [0.1, 0.15) is 38.9 Å². The predicted octanol–water partition coefficient (Wildman–Crippen LogP) is 15.6. The molecule has 0 atom stereocenters. The van der Waals surface area contributed by atoms with Gasteiger partial charge in [0, 0.05) is 34.1 Å². The summed E-state index contributed by atoms with van der Waals surface area (Å²) >= 11 is 0. The second-order valence-corrected chi connectivity index (χ2v) is 14.5. The Bertz CT molecular complexity index is 2610. The van der Waals surface area contributed by atoms with E-state index in [1.165, 1.54) is 38.9 Å². The maximum atomic E-state index is 2.36. The number of rotatable bonds is 11. The molecule has 0 unspecified atom stereocenters. The lowest BCUT2D eigenvalue weighted by Crippen LogP contribution is -2.11. The number of nitrogens with zero attached hydrogens (tertiary/aromatic N) is 2. The van der Waals surface area contributed by atoms with Gasteiger partial charge in [-0.15, -0.1) is 0 Å². The number of aryl methyl sites for hydroxylation is 3. The van der Waals surface area contributed by atoms with Gasteiger partial charge >= 0.3 is 0 Å². The lowest BCUT2D eigenvalue weighted by atomic mass is 9.98. The third-order valence-electron chi connectivity index (χ3n) is 10.4. The Balaban J connectivity index is 1.08. The minimum absolute atomic E-state index is 1.12. The van der Waals surface area contributed by atoms with Gasteiger partial charge in [0.05, 0.1) is 0 Å². The summed E-state index contributed by atoms with van der Waals surface area (Å²) in [6.45, 7) is 6.56. The first-order valence-electron chi connectivity index (χ1n) is 19.6. The highest BCUT2D eigenvalue weighted by molar-refractivity contribution is 5.84. The van der Waals surface area contributed by atoms with E-state index < -0.39 is 0 Å². The summed E-state index contributed by atoms with van der Waals surface area (Å²) < 4.78 is 0. The highest BCUT2D eigenvalue weighted by Crippen LogP contribution is 2.41. The summed E-state index contributed by atoms with van der Waals surface area (Å²) in [6, 6.07) is 71.5. The van der Waals surface area contributed by atoms with Gasteiger partial charge in [0.1, 0.15) is 0 Å². The van der Waals surface area contributed by atoms with Crippen LogP contribution in [0.2, 0.25) is 0 Å². The van der Waals surface area contributed by atoms with Crippen molar-refractivity contribution < 1.29 is 0 Å². The molecule has 0 fully saturated rings. The van der Waals surface area contributed by atoms with Crippen LogP contribution in [-0.4, -0.2) is 0 Å². The number of anilines is 6. The zero-order valence-corrected chi connectivity index (χ0v) is 32.8. The molecule has 8 aromatic carbocycles. The Hall–Kier alpha value is -7.16. The van der Waals surface area contributed by atoms with E-state index in [1.54, 1.807) is 0 Å². The van der Waals surface area contributed by atoms with Crippen LogP contribution in [-0.2, 0) is 0 Å². The normalized spacial score (nSPS) is 11.3.